The fourth-order valence-electron chi connectivity index (χ4n) is 2.80. The Morgan fingerprint density at radius 2 is 2.06 bits per heavy atom. The van der Waals surface area contributed by atoms with Crippen molar-refractivity contribution in [3.8, 4) is 0 Å². The molecule has 0 aromatic carbocycles. The van der Waals surface area contributed by atoms with Gasteiger partial charge in [0.25, 0.3) is 0 Å². The van der Waals surface area contributed by atoms with Crippen LogP contribution in [0.1, 0.15) is 32.1 Å². The SMILES string of the molecule is CN(CC(=O)N1CCCC1)C1CCC(N)C1. The first-order chi connectivity index (χ1) is 7.66. The highest BCUT2D eigenvalue weighted by Crippen LogP contribution is 2.21. The number of nitrogens with two attached hydrogens (primary N) is 1. The van der Waals surface area contributed by atoms with Crippen LogP contribution in [-0.2, 0) is 4.79 Å². The van der Waals surface area contributed by atoms with Gasteiger partial charge in [0, 0.05) is 25.2 Å². The molecule has 1 aliphatic carbocycles. The van der Waals surface area contributed by atoms with Crippen LogP contribution < -0.4 is 5.73 Å². The van der Waals surface area contributed by atoms with Crippen LogP contribution in [-0.4, -0.2) is 54.5 Å². The Morgan fingerprint density at radius 1 is 1.38 bits per heavy atom. The number of hydrogen-bond acceptors (Lipinski definition) is 3. The van der Waals surface area contributed by atoms with Gasteiger partial charge >= 0.3 is 0 Å². The Labute approximate surface area is 97.8 Å². The van der Waals surface area contributed by atoms with Crippen LogP contribution in [0.15, 0.2) is 0 Å². The summed E-state index contributed by atoms with van der Waals surface area (Å²) >= 11 is 0. The molecule has 0 aromatic rings. The number of carbonyl (C=O) groups excluding carboxylic acids is 1. The van der Waals surface area contributed by atoms with Gasteiger partial charge in [-0.05, 0) is 39.2 Å². The quantitative estimate of drug-likeness (QED) is 0.757. The monoisotopic (exact) mass is 225 g/mol. The fraction of sp³-hybridized carbons (Fsp3) is 0.917. The number of rotatable bonds is 3. The van der Waals surface area contributed by atoms with Gasteiger partial charge in [-0.1, -0.05) is 0 Å². The van der Waals surface area contributed by atoms with E-state index in [-0.39, 0.29) is 0 Å². The largest absolute Gasteiger partial charge is 0.342 e. The van der Waals surface area contributed by atoms with Crippen LogP contribution in [0.4, 0.5) is 0 Å². The van der Waals surface area contributed by atoms with E-state index in [1.165, 1.54) is 12.8 Å². The Balaban J connectivity index is 1.77. The minimum absolute atomic E-state index is 0.292. The second kappa shape index (κ2) is 5.15. The smallest absolute Gasteiger partial charge is 0.236 e. The lowest BCUT2D eigenvalue weighted by Gasteiger charge is -2.26. The predicted octanol–water partition coefficient (Wildman–Crippen LogP) is 0.420. The number of carbonyl (C=O) groups is 1. The third kappa shape index (κ3) is 2.74. The first kappa shape index (κ1) is 11.9. The molecule has 0 bridgehead atoms. The molecule has 2 N–H and O–H groups in total. The van der Waals surface area contributed by atoms with Crippen molar-refractivity contribution in [1.29, 1.82) is 0 Å². The third-order valence-corrected chi connectivity index (χ3v) is 3.91. The second-order valence-corrected chi connectivity index (χ2v) is 5.23. The molecule has 92 valence electrons. The van der Waals surface area contributed by atoms with E-state index in [4.69, 9.17) is 5.73 Å². The van der Waals surface area contributed by atoms with Crippen molar-refractivity contribution in [2.75, 3.05) is 26.7 Å². The molecule has 0 spiro atoms. The summed E-state index contributed by atoms with van der Waals surface area (Å²) in [6.07, 6.45) is 5.63. The van der Waals surface area contributed by atoms with Gasteiger partial charge in [0.15, 0.2) is 0 Å². The van der Waals surface area contributed by atoms with E-state index in [0.29, 0.717) is 24.5 Å². The highest BCUT2D eigenvalue weighted by Gasteiger charge is 2.27. The highest BCUT2D eigenvalue weighted by molar-refractivity contribution is 5.78. The number of nitrogens with zero attached hydrogens (tertiary/aromatic N) is 2. The summed E-state index contributed by atoms with van der Waals surface area (Å²) in [5.41, 5.74) is 5.89. The van der Waals surface area contributed by atoms with Gasteiger partial charge in [0.05, 0.1) is 6.54 Å². The zero-order valence-electron chi connectivity index (χ0n) is 10.2. The van der Waals surface area contributed by atoms with Gasteiger partial charge in [-0.2, -0.15) is 0 Å². The van der Waals surface area contributed by atoms with E-state index >= 15 is 0 Å². The van der Waals surface area contributed by atoms with Crippen molar-refractivity contribution in [2.45, 2.75) is 44.2 Å². The van der Waals surface area contributed by atoms with E-state index < -0.39 is 0 Å². The molecule has 4 nitrogen and oxygen atoms in total. The zero-order valence-corrected chi connectivity index (χ0v) is 10.2. The second-order valence-electron chi connectivity index (χ2n) is 5.23. The Morgan fingerprint density at radius 3 is 2.62 bits per heavy atom. The molecule has 4 heteroatoms. The number of likely N-dealkylation sites (N-methyl/N-ethyl adjacent to an activating group) is 1. The summed E-state index contributed by atoms with van der Waals surface area (Å²) in [5.74, 6) is 0.292. The third-order valence-electron chi connectivity index (χ3n) is 3.91. The predicted molar refractivity (Wildman–Crippen MR) is 64.1 cm³/mol. The highest BCUT2D eigenvalue weighted by atomic mass is 16.2. The topological polar surface area (TPSA) is 49.6 Å². The van der Waals surface area contributed by atoms with Crippen molar-refractivity contribution in [3.05, 3.63) is 0 Å². The molecule has 2 atom stereocenters. The van der Waals surface area contributed by atoms with Gasteiger partial charge in [0.2, 0.25) is 5.91 Å². The van der Waals surface area contributed by atoms with Crippen molar-refractivity contribution in [3.63, 3.8) is 0 Å². The molecule has 1 aliphatic heterocycles. The molecular weight excluding hydrogens is 202 g/mol. The first-order valence-electron chi connectivity index (χ1n) is 6.40. The molecule has 2 rings (SSSR count). The summed E-state index contributed by atoms with van der Waals surface area (Å²) < 4.78 is 0. The van der Waals surface area contributed by atoms with Gasteiger partial charge < -0.3 is 10.6 Å². The van der Waals surface area contributed by atoms with Crippen LogP contribution in [0.2, 0.25) is 0 Å². The van der Waals surface area contributed by atoms with E-state index in [9.17, 15) is 4.79 Å². The summed E-state index contributed by atoms with van der Waals surface area (Å²) in [5, 5.41) is 0. The van der Waals surface area contributed by atoms with Crippen LogP contribution in [0, 0.1) is 0 Å². The molecule has 2 unspecified atom stereocenters. The average Bonchev–Trinajstić information content (AvgIpc) is 2.87. The Kier molecular flexibility index (Phi) is 3.82. The van der Waals surface area contributed by atoms with Crippen molar-refractivity contribution < 1.29 is 4.79 Å². The standard InChI is InChI=1S/C12H23N3O/c1-14(11-5-4-10(13)8-11)9-12(16)15-6-2-3-7-15/h10-11H,2-9,13H2,1H3. The molecule has 0 radical (unpaired) electrons. The van der Waals surface area contributed by atoms with Crippen LogP contribution >= 0.6 is 0 Å². The molecule has 1 heterocycles. The normalized spacial score (nSPS) is 30.3. The maximum Gasteiger partial charge on any atom is 0.236 e. The summed E-state index contributed by atoms with van der Waals surface area (Å²) in [4.78, 5) is 16.1. The van der Waals surface area contributed by atoms with Crippen LogP contribution in [0.3, 0.4) is 0 Å². The van der Waals surface area contributed by atoms with E-state index in [1.54, 1.807) is 0 Å². The summed E-state index contributed by atoms with van der Waals surface area (Å²) in [7, 11) is 2.05. The lowest BCUT2D eigenvalue weighted by Crippen LogP contribution is -2.41. The zero-order chi connectivity index (χ0) is 11.5. The lowest BCUT2D eigenvalue weighted by molar-refractivity contribution is -0.131. The molecular formula is C12H23N3O. The fourth-order valence-corrected chi connectivity index (χ4v) is 2.80. The molecule has 1 saturated carbocycles. The van der Waals surface area contributed by atoms with Crippen molar-refractivity contribution >= 4 is 5.91 Å². The summed E-state index contributed by atoms with van der Waals surface area (Å²) in [6, 6.07) is 0.857. The Hall–Kier alpha value is -0.610. The molecule has 16 heavy (non-hydrogen) atoms. The van der Waals surface area contributed by atoms with Crippen molar-refractivity contribution in [2.24, 2.45) is 5.73 Å². The van der Waals surface area contributed by atoms with Crippen LogP contribution in [0.25, 0.3) is 0 Å². The molecule has 2 fully saturated rings. The number of hydrogen-bond donors (Lipinski definition) is 1. The van der Waals surface area contributed by atoms with Crippen LogP contribution in [0.5, 0.6) is 0 Å². The number of amides is 1. The first-order valence-corrected chi connectivity index (χ1v) is 6.40. The maximum atomic E-state index is 11.9. The van der Waals surface area contributed by atoms with Gasteiger partial charge in [-0.25, -0.2) is 0 Å². The molecule has 1 saturated heterocycles. The number of likely N-dealkylation sites (tertiary alicyclic amines) is 1. The molecule has 2 aliphatic rings. The van der Waals surface area contributed by atoms with Gasteiger partial charge in [0.1, 0.15) is 0 Å². The maximum absolute atomic E-state index is 11.9. The van der Waals surface area contributed by atoms with E-state index in [2.05, 4.69) is 11.9 Å². The minimum Gasteiger partial charge on any atom is -0.342 e. The van der Waals surface area contributed by atoms with E-state index in [1.807, 2.05) is 4.90 Å². The Bertz CT molecular complexity index is 251. The molecule has 1 amide bonds. The van der Waals surface area contributed by atoms with Gasteiger partial charge in [-0.3, -0.25) is 9.69 Å². The lowest BCUT2D eigenvalue weighted by atomic mass is 10.2. The van der Waals surface area contributed by atoms with E-state index in [0.717, 1.165) is 32.4 Å². The van der Waals surface area contributed by atoms with Gasteiger partial charge in [-0.15, -0.1) is 0 Å². The summed E-state index contributed by atoms with van der Waals surface area (Å²) in [6.45, 7) is 2.48. The average molecular weight is 225 g/mol. The van der Waals surface area contributed by atoms with Crippen molar-refractivity contribution in [1.82, 2.24) is 9.80 Å². The minimum atomic E-state index is 0.292. The molecule has 0 aromatic heterocycles.